The van der Waals surface area contributed by atoms with Gasteiger partial charge in [-0.3, -0.25) is 4.79 Å². The standard InChI is InChI=1S/C25H35NO9/c1-13(2)15-8-10-16(11-9-15)22(30)26-17(12-14-6-4-3-5-7-14)24(33)35-25-20(29)18(27)19(28)21(34-25)23(31)32/h3-7,13,15-21,25,27-29H,8-12H2,1-2H3,(H,26,30)(H,31,32)/t15?,16?,17-,18+,19+,20-,21+,25+/m1/s1. The van der Waals surface area contributed by atoms with Crippen LogP contribution in [-0.4, -0.2) is 75.0 Å². The van der Waals surface area contributed by atoms with Gasteiger partial charge in [0.05, 0.1) is 0 Å². The highest BCUT2D eigenvalue weighted by Crippen LogP contribution is 2.33. The Kier molecular flexibility index (Phi) is 9.23. The van der Waals surface area contributed by atoms with Gasteiger partial charge in [-0.2, -0.15) is 0 Å². The highest BCUT2D eigenvalue weighted by Gasteiger charge is 2.49. The Balaban J connectivity index is 1.71. The fourth-order valence-electron chi connectivity index (χ4n) is 4.73. The van der Waals surface area contributed by atoms with Crippen molar-refractivity contribution in [2.75, 3.05) is 0 Å². The minimum absolute atomic E-state index is 0.100. The molecule has 0 unspecified atom stereocenters. The number of hydrogen-bond acceptors (Lipinski definition) is 8. The predicted molar refractivity (Wildman–Crippen MR) is 123 cm³/mol. The van der Waals surface area contributed by atoms with E-state index in [9.17, 15) is 34.8 Å². The molecule has 1 saturated heterocycles. The van der Waals surface area contributed by atoms with Gasteiger partial charge in [0.2, 0.25) is 12.2 Å². The minimum Gasteiger partial charge on any atom is -0.479 e. The monoisotopic (exact) mass is 493 g/mol. The number of nitrogens with one attached hydrogen (secondary N) is 1. The molecule has 10 heteroatoms. The molecule has 35 heavy (non-hydrogen) atoms. The number of aliphatic hydroxyl groups excluding tert-OH is 3. The molecule has 2 fully saturated rings. The number of rotatable bonds is 8. The molecule has 6 atom stereocenters. The van der Waals surface area contributed by atoms with Crippen molar-refractivity contribution in [3.8, 4) is 0 Å². The fraction of sp³-hybridized carbons (Fsp3) is 0.640. The zero-order valence-corrected chi connectivity index (χ0v) is 19.9. The summed E-state index contributed by atoms with van der Waals surface area (Å²) in [6.07, 6.45) is -6.01. The largest absolute Gasteiger partial charge is 0.479 e. The number of aliphatic hydroxyl groups is 3. The molecule has 0 bridgehead atoms. The van der Waals surface area contributed by atoms with Crippen LogP contribution < -0.4 is 5.32 Å². The zero-order chi connectivity index (χ0) is 25.7. The Morgan fingerprint density at radius 3 is 2.20 bits per heavy atom. The van der Waals surface area contributed by atoms with E-state index in [1.54, 1.807) is 24.3 Å². The van der Waals surface area contributed by atoms with Crippen LogP contribution in [-0.2, 0) is 30.3 Å². The Labute approximate surface area is 204 Å². The van der Waals surface area contributed by atoms with Gasteiger partial charge in [0.1, 0.15) is 24.4 Å². The highest BCUT2D eigenvalue weighted by molar-refractivity contribution is 5.86. The maximum Gasteiger partial charge on any atom is 0.335 e. The van der Waals surface area contributed by atoms with Gasteiger partial charge >= 0.3 is 11.9 Å². The average Bonchev–Trinajstić information content (AvgIpc) is 2.84. The lowest BCUT2D eigenvalue weighted by molar-refractivity contribution is -0.286. The number of carbonyl (C=O) groups is 3. The molecule has 0 aromatic heterocycles. The second-order valence-electron chi connectivity index (χ2n) is 9.78. The van der Waals surface area contributed by atoms with E-state index in [0.29, 0.717) is 11.8 Å². The lowest BCUT2D eigenvalue weighted by Crippen LogP contribution is -2.61. The summed E-state index contributed by atoms with van der Waals surface area (Å²) in [5, 5.41) is 42.0. The van der Waals surface area contributed by atoms with Gasteiger partial charge in [-0.1, -0.05) is 44.2 Å². The van der Waals surface area contributed by atoms with E-state index >= 15 is 0 Å². The normalized spacial score (nSPS) is 32.0. The number of carboxylic acid groups (broad SMARTS) is 1. The van der Waals surface area contributed by atoms with Crippen molar-refractivity contribution < 1.29 is 44.3 Å². The molecule has 1 aliphatic carbocycles. The molecule has 1 amide bonds. The molecular weight excluding hydrogens is 458 g/mol. The molecule has 2 aliphatic rings. The first-order valence-electron chi connectivity index (χ1n) is 12.1. The summed E-state index contributed by atoms with van der Waals surface area (Å²) in [5.41, 5.74) is 0.752. The molecular formula is C25H35NO9. The second-order valence-corrected chi connectivity index (χ2v) is 9.78. The van der Waals surface area contributed by atoms with E-state index in [1.807, 2.05) is 6.07 Å². The molecule has 1 saturated carbocycles. The molecule has 1 aromatic carbocycles. The van der Waals surface area contributed by atoms with Crippen molar-refractivity contribution in [2.24, 2.45) is 17.8 Å². The Bertz CT molecular complexity index is 869. The van der Waals surface area contributed by atoms with Crippen molar-refractivity contribution in [1.29, 1.82) is 0 Å². The van der Waals surface area contributed by atoms with Crippen molar-refractivity contribution in [1.82, 2.24) is 5.32 Å². The van der Waals surface area contributed by atoms with Gasteiger partial charge in [0.15, 0.2) is 6.10 Å². The third-order valence-corrected chi connectivity index (χ3v) is 7.01. The summed E-state index contributed by atoms with van der Waals surface area (Å²) >= 11 is 0. The van der Waals surface area contributed by atoms with Crippen LogP contribution in [0.5, 0.6) is 0 Å². The first-order valence-corrected chi connectivity index (χ1v) is 12.1. The van der Waals surface area contributed by atoms with E-state index in [2.05, 4.69) is 19.2 Å². The van der Waals surface area contributed by atoms with Gasteiger partial charge in [-0.05, 0) is 43.1 Å². The van der Waals surface area contributed by atoms with E-state index in [0.717, 1.165) is 31.2 Å². The third-order valence-electron chi connectivity index (χ3n) is 7.01. The number of esters is 1. The Morgan fingerprint density at radius 1 is 1.00 bits per heavy atom. The molecule has 3 rings (SSSR count). The van der Waals surface area contributed by atoms with Crippen LogP contribution in [0.2, 0.25) is 0 Å². The first kappa shape index (κ1) is 27.1. The number of carboxylic acids is 1. The van der Waals surface area contributed by atoms with Crippen molar-refractivity contribution in [3.63, 3.8) is 0 Å². The SMILES string of the molecule is CC(C)C1CCC(C(=O)N[C@H](Cc2ccccc2)C(=O)O[C@@H]2O[C@H](C(=O)O)[C@@H](O)[C@H](O)[C@H]2O)CC1. The summed E-state index contributed by atoms with van der Waals surface area (Å²) in [4.78, 5) is 37.4. The highest BCUT2D eigenvalue weighted by atomic mass is 16.7. The van der Waals surface area contributed by atoms with Gasteiger partial charge in [0, 0.05) is 12.3 Å². The van der Waals surface area contributed by atoms with Crippen LogP contribution >= 0.6 is 0 Å². The molecule has 194 valence electrons. The van der Waals surface area contributed by atoms with Crippen molar-refractivity contribution in [3.05, 3.63) is 35.9 Å². The topological polar surface area (TPSA) is 163 Å². The lowest BCUT2D eigenvalue weighted by Gasteiger charge is -2.38. The quantitative estimate of drug-likeness (QED) is 0.327. The predicted octanol–water partition coefficient (Wildman–Crippen LogP) is 0.612. The minimum atomic E-state index is -1.90. The molecule has 1 aliphatic heterocycles. The maximum absolute atomic E-state index is 13.1. The van der Waals surface area contributed by atoms with Crippen LogP contribution in [0.3, 0.4) is 0 Å². The molecule has 1 heterocycles. The van der Waals surface area contributed by atoms with Crippen LogP contribution in [0.1, 0.15) is 45.1 Å². The summed E-state index contributed by atoms with van der Waals surface area (Å²) in [6, 6.07) is 7.83. The number of carbonyl (C=O) groups excluding carboxylic acids is 2. The number of amides is 1. The number of aliphatic carboxylic acids is 1. The summed E-state index contributed by atoms with van der Waals surface area (Å²) in [5.74, 6) is -1.93. The summed E-state index contributed by atoms with van der Waals surface area (Å²) in [7, 11) is 0. The Hall–Kier alpha value is -2.53. The molecule has 10 nitrogen and oxygen atoms in total. The first-order chi connectivity index (χ1) is 16.6. The van der Waals surface area contributed by atoms with Crippen LogP contribution in [0.25, 0.3) is 0 Å². The Morgan fingerprint density at radius 2 is 1.63 bits per heavy atom. The average molecular weight is 494 g/mol. The van der Waals surface area contributed by atoms with E-state index in [4.69, 9.17) is 9.47 Å². The molecule has 0 radical (unpaired) electrons. The zero-order valence-electron chi connectivity index (χ0n) is 19.9. The van der Waals surface area contributed by atoms with Gasteiger partial charge < -0.3 is 35.2 Å². The van der Waals surface area contributed by atoms with Crippen molar-refractivity contribution in [2.45, 2.75) is 82.7 Å². The number of hydrogen-bond donors (Lipinski definition) is 5. The van der Waals surface area contributed by atoms with E-state index in [1.165, 1.54) is 0 Å². The number of benzene rings is 1. The van der Waals surface area contributed by atoms with Crippen LogP contribution in [0.4, 0.5) is 0 Å². The van der Waals surface area contributed by atoms with Crippen LogP contribution in [0.15, 0.2) is 30.3 Å². The van der Waals surface area contributed by atoms with Gasteiger partial charge in [-0.25, -0.2) is 9.59 Å². The van der Waals surface area contributed by atoms with Crippen LogP contribution in [0, 0.1) is 17.8 Å². The van der Waals surface area contributed by atoms with E-state index < -0.39 is 48.7 Å². The fourth-order valence-corrected chi connectivity index (χ4v) is 4.73. The lowest BCUT2D eigenvalue weighted by atomic mass is 9.76. The van der Waals surface area contributed by atoms with Gasteiger partial charge in [0.25, 0.3) is 0 Å². The molecule has 5 N–H and O–H groups in total. The van der Waals surface area contributed by atoms with Crippen molar-refractivity contribution >= 4 is 17.8 Å². The maximum atomic E-state index is 13.1. The number of ether oxygens (including phenoxy) is 2. The third kappa shape index (κ3) is 6.78. The van der Waals surface area contributed by atoms with E-state index in [-0.39, 0.29) is 18.2 Å². The summed E-state index contributed by atoms with van der Waals surface area (Å²) in [6.45, 7) is 4.34. The second kappa shape index (κ2) is 11.9. The molecule has 0 spiro atoms. The molecule has 1 aromatic rings. The smallest absolute Gasteiger partial charge is 0.335 e. The van der Waals surface area contributed by atoms with Gasteiger partial charge in [-0.15, -0.1) is 0 Å². The summed E-state index contributed by atoms with van der Waals surface area (Å²) < 4.78 is 10.3.